The zero-order valence-electron chi connectivity index (χ0n) is 11.8. The molecule has 0 fully saturated rings. The molecule has 0 spiro atoms. The van der Waals surface area contributed by atoms with E-state index < -0.39 is 0 Å². The number of rotatable bonds is 4. The predicted octanol–water partition coefficient (Wildman–Crippen LogP) is 4.77. The molecule has 1 aliphatic rings. The van der Waals surface area contributed by atoms with Crippen LogP contribution in [0.15, 0.2) is 52.3 Å². The van der Waals surface area contributed by atoms with Crippen LogP contribution in [-0.4, -0.2) is 5.11 Å². The summed E-state index contributed by atoms with van der Waals surface area (Å²) in [5, 5.41) is 10.1. The first-order chi connectivity index (χ1) is 9.78. The van der Waals surface area contributed by atoms with Crippen LogP contribution in [-0.2, 0) is 12.8 Å². The number of hydrogen-bond donors (Lipinski definition) is 1. The van der Waals surface area contributed by atoms with Crippen molar-refractivity contribution in [3.63, 3.8) is 0 Å². The Morgan fingerprint density at radius 2 is 1.90 bits per heavy atom. The molecule has 0 unspecified atom stereocenters. The third-order valence-electron chi connectivity index (χ3n) is 3.96. The molecule has 1 atom stereocenters. The number of aliphatic hydroxyl groups excluding tert-OH is 1. The lowest BCUT2D eigenvalue weighted by molar-refractivity contribution is 0.171. The van der Waals surface area contributed by atoms with Gasteiger partial charge in [0.1, 0.15) is 0 Å². The molecule has 0 bridgehead atoms. The molecule has 0 saturated carbocycles. The average molecular weight is 284 g/mol. The highest BCUT2D eigenvalue weighted by molar-refractivity contribution is 7.99. The van der Waals surface area contributed by atoms with Crippen LogP contribution >= 0.6 is 11.8 Å². The monoisotopic (exact) mass is 284 g/mol. The molecule has 1 N–H and O–H groups in total. The van der Waals surface area contributed by atoms with Gasteiger partial charge in [-0.3, -0.25) is 0 Å². The minimum Gasteiger partial charge on any atom is -0.388 e. The lowest BCUT2D eigenvalue weighted by Crippen LogP contribution is -1.97. The molecule has 1 nitrogen and oxygen atoms in total. The van der Waals surface area contributed by atoms with E-state index in [1.165, 1.54) is 40.2 Å². The first-order valence-corrected chi connectivity index (χ1v) is 8.16. The number of aryl methyl sites for hydroxylation is 2. The molecule has 0 radical (unpaired) electrons. The number of aliphatic hydroxyl groups is 1. The van der Waals surface area contributed by atoms with Crippen molar-refractivity contribution < 1.29 is 5.11 Å². The van der Waals surface area contributed by atoms with E-state index in [0.717, 1.165) is 12.0 Å². The average Bonchev–Trinajstić information content (AvgIpc) is 2.94. The Labute approximate surface area is 125 Å². The van der Waals surface area contributed by atoms with Crippen LogP contribution < -0.4 is 0 Å². The summed E-state index contributed by atoms with van der Waals surface area (Å²) in [6.07, 6.45) is 4.11. The molecular weight excluding hydrogens is 264 g/mol. The van der Waals surface area contributed by atoms with Gasteiger partial charge < -0.3 is 5.11 Å². The smallest absolute Gasteiger partial charge is 0.0798 e. The SMILES string of the molecule is CC[C@@H](O)c1ccccc1Sc1ccc2c(c1)CCC2. The van der Waals surface area contributed by atoms with Gasteiger partial charge in [0.25, 0.3) is 0 Å². The topological polar surface area (TPSA) is 20.2 Å². The molecule has 0 saturated heterocycles. The third-order valence-corrected chi connectivity index (χ3v) is 5.04. The van der Waals surface area contributed by atoms with Crippen molar-refractivity contribution >= 4 is 11.8 Å². The summed E-state index contributed by atoms with van der Waals surface area (Å²) < 4.78 is 0. The lowest BCUT2D eigenvalue weighted by Gasteiger charge is -2.14. The van der Waals surface area contributed by atoms with E-state index in [4.69, 9.17) is 0 Å². The van der Waals surface area contributed by atoms with Crippen molar-refractivity contribution in [3.05, 3.63) is 59.2 Å². The van der Waals surface area contributed by atoms with Gasteiger partial charge in [-0.15, -0.1) is 0 Å². The van der Waals surface area contributed by atoms with E-state index in [2.05, 4.69) is 24.3 Å². The Morgan fingerprint density at radius 3 is 2.75 bits per heavy atom. The summed E-state index contributed by atoms with van der Waals surface area (Å²) in [6.45, 7) is 2.02. The van der Waals surface area contributed by atoms with E-state index in [-0.39, 0.29) is 6.10 Å². The second-order valence-electron chi connectivity index (χ2n) is 5.35. The fraction of sp³-hybridized carbons (Fsp3) is 0.333. The fourth-order valence-corrected chi connectivity index (χ4v) is 3.87. The van der Waals surface area contributed by atoms with E-state index in [0.29, 0.717) is 0 Å². The van der Waals surface area contributed by atoms with Gasteiger partial charge in [-0.25, -0.2) is 0 Å². The fourth-order valence-electron chi connectivity index (χ4n) is 2.81. The van der Waals surface area contributed by atoms with Gasteiger partial charge in [-0.1, -0.05) is 43.0 Å². The highest BCUT2D eigenvalue weighted by atomic mass is 32.2. The highest BCUT2D eigenvalue weighted by Crippen LogP contribution is 2.36. The molecule has 0 heterocycles. The first-order valence-electron chi connectivity index (χ1n) is 7.34. The largest absolute Gasteiger partial charge is 0.388 e. The molecule has 20 heavy (non-hydrogen) atoms. The van der Waals surface area contributed by atoms with Crippen LogP contribution in [0.25, 0.3) is 0 Å². The van der Waals surface area contributed by atoms with Crippen molar-refractivity contribution in [2.75, 3.05) is 0 Å². The number of benzene rings is 2. The summed E-state index contributed by atoms with van der Waals surface area (Å²) in [5.41, 5.74) is 4.06. The maximum Gasteiger partial charge on any atom is 0.0798 e. The second-order valence-corrected chi connectivity index (χ2v) is 6.46. The standard InChI is InChI=1S/C18H20OS/c1-2-17(19)16-8-3-4-9-18(16)20-15-11-10-13-6-5-7-14(13)12-15/h3-4,8-12,17,19H,2,5-7H2,1H3/t17-/m1/s1. The number of fused-ring (bicyclic) bond motifs is 1. The van der Waals surface area contributed by atoms with E-state index in [9.17, 15) is 5.11 Å². The summed E-state index contributed by atoms with van der Waals surface area (Å²) in [5.74, 6) is 0. The van der Waals surface area contributed by atoms with Gasteiger partial charge in [0.2, 0.25) is 0 Å². The van der Waals surface area contributed by atoms with Crippen molar-refractivity contribution in [1.29, 1.82) is 0 Å². The molecule has 104 valence electrons. The molecule has 1 aliphatic carbocycles. The second kappa shape index (κ2) is 6.02. The molecule has 0 aromatic heterocycles. The molecular formula is C18H20OS. The van der Waals surface area contributed by atoms with Crippen molar-refractivity contribution in [2.45, 2.75) is 48.5 Å². The van der Waals surface area contributed by atoms with Crippen LogP contribution in [0.4, 0.5) is 0 Å². The Hall–Kier alpha value is -1.25. The van der Waals surface area contributed by atoms with Crippen LogP contribution in [0.3, 0.4) is 0 Å². The zero-order chi connectivity index (χ0) is 13.9. The maximum absolute atomic E-state index is 10.1. The quantitative estimate of drug-likeness (QED) is 0.872. The molecule has 2 aromatic rings. The minimum atomic E-state index is -0.367. The Morgan fingerprint density at radius 1 is 1.10 bits per heavy atom. The maximum atomic E-state index is 10.1. The molecule has 2 heteroatoms. The highest BCUT2D eigenvalue weighted by Gasteiger charge is 2.14. The Kier molecular flexibility index (Phi) is 4.13. The predicted molar refractivity (Wildman–Crippen MR) is 84.3 cm³/mol. The van der Waals surface area contributed by atoms with Crippen molar-refractivity contribution in [1.82, 2.24) is 0 Å². The summed E-state index contributed by atoms with van der Waals surface area (Å²) in [6, 6.07) is 15.0. The lowest BCUT2D eigenvalue weighted by atomic mass is 10.1. The summed E-state index contributed by atoms with van der Waals surface area (Å²) in [4.78, 5) is 2.45. The van der Waals surface area contributed by atoms with Crippen LogP contribution in [0.5, 0.6) is 0 Å². The zero-order valence-corrected chi connectivity index (χ0v) is 12.6. The third kappa shape index (κ3) is 2.77. The van der Waals surface area contributed by atoms with Crippen LogP contribution in [0.1, 0.15) is 42.6 Å². The van der Waals surface area contributed by atoms with E-state index >= 15 is 0 Å². The molecule has 2 aromatic carbocycles. The van der Waals surface area contributed by atoms with Gasteiger partial charge in [-0.05, 0) is 60.6 Å². The summed E-state index contributed by atoms with van der Waals surface area (Å²) in [7, 11) is 0. The van der Waals surface area contributed by atoms with Gasteiger partial charge in [0, 0.05) is 9.79 Å². The normalized spacial score (nSPS) is 15.1. The van der Waals surface area contributed by atoms with Gasteiger partial charge in [0.15, 0.2) is 0 Å². The van der Waals surface area contributed by atoms with Gasteiger partial charge >= 0.3 is 0 Å². The van der Waals surface area contributed by atoms with Crippen molar-refractivity contribution in [3.8, 4) is 0 Å². The van der Waals surface area contributed by atoms with E-state index in [1.807, 2.05) is 25.1 Å². The van der Waals surface area contributed by atoms with E-state index in [1.54, 1.807) is 11.8 Å². The van der Waals surface area contributed by atoms with Gasteiger partial charge in [-0.2, -0.15) is 0 Å². The molecule has 3 rings (SSSR count). The van der Waals surface area contributed by atoms with Crippen LogP contribution in [0.2, 0.25) is 0 Å². The number of hydrogen-bond acceptors (Lipinski definition) is 2. The van der Waals surface area contributed by atoms with Crippen molar-refractivity contribution in [2.24, 2.45) is 0 Å². The molecule has 0 aliphatic heterocycles. The minimum absolute atomic E-state index is 0.367. The summed E-state index contributed by atoms with van der Waals surface area (Å²) >= 11 is 1.76. The first kappa shape index (κ1) is 13.7. The van der Waals surface area contributed by atoms with Gasteiger partial charge in [0.05, 0.1) is 6.10 Å². The molecule has 0 amide bonds. The Bertz CT molecular complexity index is 606. The Balaban J connectivity index is 1.88. The van der Waals surface area contributed by atoms with Crippen LogP contribution in [0, 0.1) is 0 Å².